The van der Waals surface area contributed by atoms with Crippen molar-refractivity contribution in [3.05, 3.63) is 65.7 Å². The number of ether oxygens (including phenoxy) is 2. The Balaban J connectivity index is 1.70. The molecule has 0 saturated carbocycles. The molecule has 1 aliphatic heterocycles. The fourth-order valence-electron chi connectivity index (χ4n) is 2.23. The smallest absolute Gasteiger partial charge is 0.161 e. The van der Waals surface area contributed by atoms with Crippen LogP contribution in [0.15, 0.2) is 54.6 Å². The van der Waals surface area contributed by atoms with Crippen molar-refractivity contribution in [1.82, 2.24) is 0 Å². The molecule has 0 aliphatic carbocycles. The highest BCUT2D eigenvalue weighted by Crippen LogP contribution is 2.30. The summed E-state index contributed by atoms with van der Waals surface area (Å²) < 4.78 is 11.3. The molecule has 0 amide bonds. The van der Waals surface area contributed by atoms with Crippen molar-refractivity contribution < 1.29 is 9.47 Å². The molecular formula is C18H18O2. The van der Waals surface area contributed by atoms with Gasteiger partial charge in [-0.1, -0.05) is 48.6 Å². The molecule has 0 fully saturated rings. The summed E-state index contributed by atoms with van der Waals surface area (Å²) in [5.41, 5.74) is 2.46. The summed E-state index contributed by atoms with van der Waals surface area (Å²) in [5.74, 6) is 1.70. The van der Waals surface area contributed by atoms with Crippen molar-refractivity contribution in [2.75, 3.05) is 13.2 Å². The van der Waals surface area contributed by atoms with E-state index in [1.165, 1.54) is 5.56 Å². The first-order valence-electron chi connectivity index (χ1n) is 7.02. The third kappa shape index (κ3) is 3.21. The Bertz CT molecular complexity index is 588. The first kappa shape index (κ1) is 12.8. The zero-order chi connectivity index (χ0) is 13.6. The average Bonchev–Trinajstić information content (AvgIpc) is 2.73. The van der Waals surface area contributed by atoms with Crippen LogP contribution < -0.4 is 9.47 Å². The van der Waals surface area contributed by atoms with E-state index < -0.39 is 0 Å². The number of benzene rings is 2. The number of rotatable bonds is 3. The van der Waals surface area contributed by atoms with Gasteiger partial charge in [0, 0.05) is 6.42 Å². The number of hydrogen-bond acceptors (Lipinski definition) is 2. The van der Waals surface area contributed by atoms with Crippen LogP contribution in [0.5, 0.6) is 11.5 Å². The molecule has 0 radical (unpaired) electrons. The molecule has 102 valence electrons. The van der Waals surface area contributed by atoms with E-state index >= 15 is 0 Å². The summed E-state index contributed by atoms with van der Waals surface area (Å²) >= 11 is 0. The molecule has 20 heavy (non-hydrogen) atoms. The highest BCUT2D eigenvalue weighted by molar-refractivity contribution is 5.56. The molecule has 0 atom stereocenters. The summed E-state index contributed by atoms with van der Waals surface area (Å²) in [6, 6.07) is 16.5. The van der Waals surface area contributed by atoms with Crippen LogP contribution in [0, 0.1) is 0 Å². The Labute approximate surface area is 119 Å². The van der Waals surface area contributed by atoms with Gasteiger partial charge in [0.25, 0.3) is 0 Å². The van der Waals surface area contributed by atoms with Gasteiger partial charge in [-0.3, -0.25) is 0 Å². The highest BCUT2D eigenvalue weighted by Gasteiger charge is 2.09. The number of allylic oxidation sites excluding steroid dienone is 1. The largest absolute Gasteiger partial charge is 0.490 e. The molecule has 0 bridgehead atoms. The summed E-state index contributed by atoms with van der Waals surface area (Å²) in [4.78, 5) is 0. The maximum Gasteiger partial charge on any atom is 0.161 e. The molecule has 0 spiro atoms. The molecule has 2 aromatic rings. The van der Waals surface area contributed by atoms with Crippen LogP contribution in [0.3, 0.4) is 0 Å². The Morgan fingerprint density at radius 2 is 1.70 bits per heavy atom. The fourth-order valence-corrected chi connectivity index (χ4v) is 2.23. The normalized spacial score (nSPS) is 14.2. The molecular weight excluding hydrogens is 248 g/mol. The van der Waals surface area contributed by atoms with Gasteiger partial charge in [0.1, 0.15) is 0 Å². The summed E-state index contributed by atoms with van der Waals surface area (Å²) in [7, 11) is 0. The van der Waals surface area contributed by atoms with Gasteiger partial charge in [0.2, 0.25) is 0 Å². The van der Waals surface area contributed by atoms with Crippen molar-refractivity contribution in [3.63, 3.8) is 0 Å². The van der Waals surface area contributed by atoms with Crippen molar-refractivity contribution in [2.24, 2.45) is 0 Å². The minimum Gasteiger partial charge on any atom is -0.490 e. The Morgan fingerprint density at radius 3 is 2.55 bits per heavy atom. The second-order valence-electron chi connectivity index (χ2n) is 4.85. The molecule has 0 saturated heterocycles. The van der Waals surface area contributed by atoms with Gasteiger partial charge in [0.15, 0.2) is 11.5 Å². The topological polar surface area (TPSA) is 18.5 Å². The predicted molar refractivity (Wildman–Crippen MR) is 81.2 cm³/mol. The van der Waals surface area contributed by atoms with Crippen LogP contribution in [-0.2, 0) is 6.42 Å². The lowest BCUT2D eigenvalue weighted by Crippen LogP contribution is -1.97. The van der Waals surface area contributed by atoms with Gasteiger partial charge in [-0.15, -0.1) is 0 Å². The molecule has 2 aromatic carbocycles. The Morgan fingerprint density at radius 1 is 0.900 bits per heavy atom. The lowest BCUT2D eigenvalue weighted by atomic mass is 10.1. The SMILES string of the molecule is C(=Cc1ccc2c(c1)OCCCO2)Cc1ccccc1. The standard InChI is InChI=1S/C18H18O2/c1-2-6-15(7-3-1)8-4-9-16-10-11-17-18(14-16)20-13-5-12-19-17/h1-4,6-7,9-11,14H,5,8,12-13H2. The van der Waals surface area contributed by atoms with Crippen molar-refractivity contribution >= 4 is 6.08 Å². The van der Waals surface area contributed by atoms with Gasteiger partial charge >= 0.3 is 0 Å². The van der Waals surface area contributed by atoms with Crippen LogP contribution >= 0.6 is 0 Å². The first-order chi connectivity index (χ1) is 9.92. The lowest BCUT2D eigenvalue weighted by Gasteiger charge is -2.07. The molecule has 2 nitrogen and oxygen atoms in total. The fraction of sp³-hybridized carbons (Fsp3) is 0.222. The van der Waals surface area contributed by atoms with E-state index in [1.54, 1.807) is 0 Å². The lowest BCUT2D eigenvalue weighted by molar-refractivity contribution is 0.297. The molecule has 2 heteroatoms. The number of fused-ring (bicyclic) bond motifs is 1. The minimum atomic E-state index is 0.726. The summed E-state index contributed by atoms with van der Waals surface area (Å²) in [6.07, 6.45) is 6.18. The van der Waals surface area contributed by atoms with Crippen LogP contribution in [0.1, 0.15) is 17.5 Å². The van der Waals surface area contributed by atoms with E-state index in [4.69, 9.17) is 9.47 Å². The van der Waals surface area contributed by atoms with E-state index in [0.29, 0.717) is 0 Å². The quantitative estimate of drug-likeness (QED) is 0.832. The minimum absolute atomic E-state index is 0.726. The van der Waals surface area contributed by atoms with Crippen molar-refractivity contribution in [2.45, 2.75) is 12.8 Å². The van der Waals surface area contributed by atoms with E-state index in [9.17, 15) is 0 Å². The summed E-state index contributed by atoms with van der Waals surface area (Å²) in [6.45, 7) is 1.46. The highest BCUT2D eigenvalue weighted by atomic mass is 16.5. The van der Waals surface area contributed by atoms with Crippen LogP contribution in [-0.4, -0.2) is 13.2 Å². The molecule has 1 aliphatic rings. The average molecular weight is 266 g/mol. The molecule has 3 rings (SSSR count). The third-order valence-electron chi connectivity index (χ3n) is 3.28. The second kappa shape index (κ2) is 6.29. The van der Waals surface area contributed by atoms with E-state index in [2.05, 4.69) is 42.5 Å². The van der Waals surface area contributed by atoms with E-state index in [1.807, 2.05) is 18.2 Å². The van der Waals surface area contributed by atoms with Crippen molar-refractivity contribution in [1.29, 1.82) is 0 Å². The zero-order valence-electron chi connectivity index (χ0n) is 11.4. The van der Waals surface area contributed by atoms with E-state index in [0.717, 1.165) is 43.1 Å². The van der Waals surface area contributed by atoms with Gasteiger partial charge in [-0.25, -0.2) is 0 Å². The predicted octanol–water partition coefficient (Wildman–Crippen LogP) is 4.10. The Hall–Kier alpha value is -2.22. The van der Waals surface area contributed by atoms with Crippen LogP contribution in [0.2, 0.25) is 0 Å². The molecule has 0 unspecified atom stereocenters. The first-order valence-corrected chi connectivity index (χ1v) is 7.02. The molecule has 0 N–H and O–H groups in total. The monoisotopic (exact) mass is 266 g/mol. The van der Waals surface area contributed by atoms with Gasteiger partial charge in [0.05, 0.1) is 13.2 Å². The van der Waals surface area contributed by atoms with Crippen LogP contribution in [0.4, 0.5) is 0 Å². The zero-order valence-corrected chi connectivity index (χ0v) is 11.4. The van der Waals surface area contributed by atoms with Crippen molar-refractivity contribution in [3.8, 4) is 11.5 Å². The Kier molecular flexibility index (Phi) is 4.02. The second-order valence-corrected chi connectivity index (χ2v) is 4.85. The maximum absolute atomic E-state index is 5.69. The summed E-state index contributed by atoms with van der Waals surface area (Å²) in [5, 5.41) is 0. The van der Waals surface area contributed by atoms with Gasteiger partial charge in [-0.2, -0.15) is 0 Å². The molecule has 0 aromatic heterocycles. The van der Waals surface area contributed by atoms with Crippen LogP contribution in [0.25, 0.3) is 6.08 Å². The van der Waals surface area contributed by atoms with Gasteiger partial charge in [-0.05, 0) is 29.7 Å². The van der Waals surface area contributed by atoms with Gasteiger partial charge < -0.3 is 9.47 Å². The molecule has 1 heterocycles. The van der Waals surface area contributed by atoms with E-state index in [-0.39, 0.29) is 0 Å². The third-order valence-corrected chi connectivity index (χ3v) is 3.28. The number of hydrogen-bond donors (Lipinski definition) is 0. The maximum atomic E-state index is 5.69.